The number of rotatable bonds is 32. The highest BCUT2D eigenvalue weighted by atomic mass is 19.4. The number of benzene rings is 1. The summed E-state index contributed by atoms with van der Waals surface area (Å²) in [7, 11) is 0. The van der Waals surface area contributed by atoms with E-state index in [1.165, 1.54) is 27.7 Å². The summed E-state index contributed by atoms with van der Waals surface area (Å²) in [6.07, 6.45) is -31.9. The first kappa shape index (κ1) is 64.5. The Balaban J connectivity index is 3.16. The number of halogens is 12. The Kier molecular flexibility index (Phi) is 25.9. The van der Waals surface area contributed by atoms with E-state index < -0.39 is 128 Å². The van der Waals surface area contributed by atoms with Gasteiger partial charge in [-0.1, -0.05) is 45.2 Å². The van der Waals surface area contributed by atoms with Crippen LogP contribution in [0, 0.1) is 11.8 Å². The van der Waals surface area contributed by atoms with Crippen LogP contribution >= 0.6 is 0 Å². The van der Waals surface area contributed by atoms with Gasteiger partial charge in [-0.2, -0.15) is 52.7 Å². The number of ether oxygens (including phenoxy) is 10. The fourth-order valence-electron chi connectivity index (χ4n) is 5.84. The largest absolute Gasteiger partial charge is 0.462 e. The molecule has 0 radical (unpaired) electrons. The third kappa shape index (κ3) is 19.8. The van der Waals surface area contributed by atoms with E-state index in [1.54, 1.807) is 27.7 Å². The number of esters is 2. The first-order chi connectivity index (χ1) is 32.0. The highest BCUT2D eigenvalue weighted by Gasteiger charge is 2.76. The number of alkyl halides is 12. The number of hydrogen-bond acceptors (Lipinski definition) is 12. The van der Waals surface area contributed by atoms with Crippen molar-refractivity contribution < 1.29 is 110 Å². The van der Waals surface area contributed by atoms with Crippen LogP contribution in [0.3, 0.4) is 0 Å². The molecule has 24 heteroatoms. The molecule has 0 amide bonds. The van der Waals surface area contributed by atoms with Crippen molar-refractivity contribution >= 4 is 11.9 Å². The van der Waals surface area contributed by atoms with Crippen LogP contribution in [0.5, 0.6) is 0 Å². The molecule has 1 aromatic carbocycles. The zero-order valence-electron chi connectivity index (χ0n) is 40.8. The SMILES string of the molecule is C=C(C)C(=O)OCC(C)COC(C)COC(C)COC(C)COC(c1cccc(C(OCC(C)OCC(C)OCC(C)OCC(C)COC(=O)C(=C)C)(C(F)(F)F)C(F)(F)F)c1)(C(F)(F)F)C(F)(F)F. The number of hydrogen-bond donors (Lipinski definition) is 0. The number of carbonyl (C=O) groups is 2. The van der Waals surface area contributed by atoms with Gasteiger partial charge in [-0.25, -0.2) is 9.59 Å². The summed E-state index contributed by atoms with van der Waals surface area (Å²) in [5, 5.41) is 0. The van der Waals surface area contributed by atoms with E-state index in [9.17, 15) is 62.3 Å². The smallest absolute Gasteiger partial charge is 0.430 e. The van der Waals surface area contributed by atoms with Crippen LogP contribution in [0.1, 0.15) is 80.4 Å². The van der Waals surface area contributed by atoms with Crippen molar-refractivity contribution in [3.05, 3.63) is 59.7 Å². The Hall–Kier alpha value is -3.52. The molecule has 0 aliphatic rings. The van der Waals surface area contributed by atoms with Gasteiger partial charge in [0.2, 0.25) is 0 Å². The maximum atomic E-state index is 14.8. The molecule has 8 unspecified atom stereocenters. The number of carbonyl (C=O) groups excluding carboxylic acids is 2. The molecule has 0 aliphatic carbocycles. The van der Waals surface area contributed by atoms with Gasteiger partial charge in [0, 0.05) is 34.1 Å². The lowest BCUT2D eigenvalue weighted by molar-refractivity contribution is -0.394. The summed E-state index contributed by atoms with van der Waals surface area (Å²) < 4.78 is 230. The van der Waals surface area contributed by atoms with E-state index >= 15 is 0 Å². The van der Waals surface area contributed by atoms with Crippen LogP contribution in [0.4, 0.5) is 52.7 Å². The fourth-order valence-corrected chi connectivity index (χ4v) is 5.84. The van der Waals surface area contributed by atoms with E-state index in [1.807, 2.05) is 0 Å². The quantitative estimate of drug-likeness (QED) is 0.0387. The lowest BCUT2D eigenvalue weighted by atomic mass is 9.85. The zero-order valence-corrected chi connectivity index (χ0v) is 40.8. The summed E-state index contributed by atoms with van der Waals surface area (Å²) >= 11 is 0. The third-order valence-corrected chi connectivity index (χ3v) is 9.83. The van der Waals surface area contributed by atoms with Gasteiger partial charge in [-0.3, -0.25) is 0 Å². The van der Waals surface area contributed by atoms with Crippen molar-refractivity contribution in [3.8, 4) is 0 Å². The summed E-state index contributed by atoms with van der Waals surface area (Å²) in [6.45, 7) is 18.1. The highest BCUT2D eigenvalue weighted by molar-refractivity contribution is 5.87. The Labute approximate surface area is 400 Å². The molecule has 0 aliphatic heterocycles. The monoisotopic (exact) mass is 1040 g/mol. The minimum absolute atomic E-state index is 0.0312. The molecule has 0 saturated heterocycles. The normalized spacial score (nSPS) is 16.7. The van der Waals surface area contributed by atoms with Crippen LogP contribution in [0.2, 0.25) is 0 Å². The Bertz CT molecular complexity index is 1620. The van der Waals surface area contributed by atoms with Crippen LogP contribution in [0.15, 0.2) is 48.6 Å². The molecule has 12 nitrogen and oxygen atoms in total. The van der Waals surface area contributed by atoms with Crippen molar-refractivity contribution in [1.82, 2.24) is 0 Å². The molecule has 1 rings (SSSR count). The van der Waals surface area contributed by atoms with Crippen molar-refractivity contribution in [2.45, 2.75) is 142 Å². The Morgan fingerprint density at radius 1 is 0.429 bits per heavy atom. The maximum absolute atomic E-state index is 14.8. The van der Waals surface area contributed by atoms with Gasteiger partial charge in [0.1, 0.15) is 0 Å². The Morgan fingerprint density at radius 3 is 0.914 bits per heavy atom. The summed E-state index contributed by atoms with van der Waals surface area (Å²) in [6, 6.07) is -0.337. The van der Waals surface area contributed by atoms with Crippen molar-refractivity contribution in [2.75, 3.05) is 66.1 Å². The zero-order chi connectivity index (χ0) is 54.1. The second-order valence-electron chi connectivity index (χ2n) is 17.4. The van der Waals surface area contributed by atoms with Gasteiger partial charge >= 0.3 is 36.6 Å². The molecule has 70 heavy (non-hydrogen) atoms. The van der Waals surface area contributed by atoms with Gasteiger partial charge < -0.3 is 47.4 Å². The van der Waals surface area contributed by atoms with E-state index in [0.29, 0.717) is 0 Å². The molecule has 0 heterocycles. The molecule has 0 fully saturated rings. The van der Waals surface area contributed by atoms with Gasteiger partial charge in [-0.05, 0) is 61.5 Å². The van der Waals surface area contributed by atoms with E-state index in [0.717, 1.165) is 13.8 Å². The molecular formula is C46H66F12O12. The van der Waals surface area contributed by atoms with Crippen molar-refractivity contribution in [2.24, 2.45) is 11.8 Å². The first-order valence-corrected chi connectivity index (χ1v) is 22.0. The van der Waals surface area contributed by atoms with Gasteiger partial charge in [0.15, 0.2) is 0 Å². The minimum Gasteiger partial charge on any atom is -0.462 e. The van der Waals surface area contributed by atoms with Crippen LogP contribution in [0.25, 0.3) is 0 Å². The first-order valence-electron chi connectivity index (χ1n) is 22.0. The van der Waals surface area contributed by atoms with Gasteiger partial charge in [0.25, 0.3) is 11.2 Å². The third-order valence-electron chi connectivity index (χ3n) is 9.83. The standard InChI is InChI=1S/C46H66F12O12/c1-27(2)39(59)67-19-29(5)17-61-31(7)21-63-33(9)23-65-35(11)25-69-41(43(47,48)49,44(50,51)52)37-14-13-15-38(16-37)42(45(53,54)55,46(56,57)58)70-26-36(12)66-24-34(10)64-22-32(8)62-18-30(6)20-68-40(60)28(3)4/h13-16,29-36H,1,3,17-26H2,2,4-12H3. The second kappa shape index (κ2) is 28.1. The molecule has 0 bridgehead atoms. The second-order valence-corrected chi connectivity index (χ2v) is 17.4. The summed E-state index contributed by atoms with van der Waals surface area (Å²) in [5.74, 6) is -1.58. The maximum Gasteiger partial charge on any atom is 0.430 e. The predicted octanol–water partition coefficient (Wildman–Crippen LogP) is 10.3. The molecule has 0 saturated carbocycles. The highest BCUT2D eigenvalue weighted by Crippen LogP contribution is 2.56. The van der Waals surface area contributed by atoms with E-state index in [2.05, 4.69) is 22.6 Å². The van der Waals surface area contributed by atoms with Crippen LogP contribution in [-0.4, -0.2) is 139 Å². The van der Waals surface area contributed by atoms with E-state index in [4.69, 9.17) is 37.9 Å². The van der Waals surface area contributed by atoms with E-state index in [-0.39, 0.29) is 80.8 Å². The lowest BCUT2D eigenvalue weighted by Gasteiger charge is -2.40. The molecule has 0 N–H and O–H groups in total. The van der Waals surface area contributed by atoms with Gasteiger partial charge in [0.05, 0.1) is 103 Å². The van der Waals surface area contributed by atoms with Gasteiger partial charge in [-0.15, -0.1) is 0 Å². The predicted molar refractivity (Wildman–Crippen MR) is 228 cm³/mol. The topological polar surface area (TPSA) is 126 Å². The minimum atomic E-state index is -6.52. The van der Waals surface area contributed by atoms with Crippen LogP contribution in [-0.2, 0) is 68.2 Å². The summed E-state index contributed by atoms with van der Waals surface area (Å²) in [4.78, 5) is 23.1. The molecular weight excluding hydrogens is 972 g/mol. The van der Waals surface area contributed by atoms with Crippen molar-refractivity contribution in [3.63, 3.8) is 0 Å². The molecule has 0 spiro atoms. The molecule has 406 valence electrons. The van der Waals surface area contributed by atoms with Crippen molar-refractivity contribution in [1.29, 1.82) is 0 Å². The average Bonchev–Trinajstić information content (AvgIpc) is 3.23. The lowest BCUT2D eigenvalue weighted by Crippen LogP contribution is -2.58. The molecule has 0 aromatic heterocycles. The average molecular weight is 1040 g/mol. The summed E-state index contributed by atoms with van der Waals surface area (Å²) in [5.41, 5.74) is -14.8. The molecule has 1 aromatic rings. The van der Waals surface area contributed by atoms with Crippen LogP contribution < -0.4 is 0 Å². The molecule has 8 atom stereocenters. The fraction of sp³-hybridized carbons (Fsp3) is 0.739. The Morgan fingerprint density at radius 2 is 0.671 bits per heavy atom.